The van der Waals surface area contributed by atoms with Gasteiger partial charge in [0.15, 0.2) is 0 Å². The van der Waals surface area contributed by atoms with Gasteiger partial charge in [-0.05, 0) is 119 Å². The Labute approximate surface area is 371 Å². The van der Waals surface area contributed by atoms with E-state index in [-0.39, 0.29) is 5.41 Å². The lowest BCUT2D eigenvalue weighted by Crippen LogP contribution is -2.40. The molecule has 63 heavy (non-hydrogen) atoms. The van der Waals surface area contributed by atoms with E-state index in [1.54, 1.807) is 0 Å². The van der Waals surface area contributed by atoms with Crippen LogP contribution in [0.5, 0.6) is 0 Å². The molecule has 0 unspecified atom stereocenters. The predicted octanol–water partition coefficient (Wildman–Crippen LogP) is 15.9. The van der Waals surface area contributed by atoms with Crippen LogP contribution in [0.4, 0.5) is 5.69 Å². The van der Waals surface area contributed by atoms with Crippen LogP contribution in [0.15, 0.2) is 237 Å². The topological polar surface area (TPSA) is 12.0 Å². The van der Waals surface area contributed by atoms with Crippen LogP contribution in [0, 0.1) is 0 Å². The van der Waals surface area contributed by atoms with Gasteiger partial charge >= 0.3 is 0 Å². The van der Waals surface area contributed by atoms with Crippen molar-refractivity contribution < 1.29 is 0 Å². The smallest absolute Gasteiger partial charge is 0.0719 e. The maximum Gasteiger partial charge on any atom is 0.0719 e. The number of hydrogen-bond acceptors (Lipinski definition) is 1. The lowest BCUT2D eigenvalue weighted by atomic mass is 9.55. The van der Waals surface area contributed by atoms with Crippen molar-refractivity contribution in [1.82, 2.24) is 0 Å². The molecule has 1 nitrogen and oxygen atoms in total. The van der Waals surface area contributed by atoms with Gasteiger partial charge in [-0.1, -0.05) is 226 Å². The largest absolute Gasteiger partial charge is 0.362 e. The van der Waals surface area contributed by atoms with Gasteiger partial charge in [0.25, 0.3) is 0 Å². The van der Waals surface area contributed by atoms with Crippen LogP contribution >= 0.6 is 0 Å². The molecule has 1 heteroatoms. The van der Waals surface area contributed by atoms with Gasteiger partial charge in [0.05, 0.1) is 5.41 Å². The van der Waals surface area contributed by atoms with Crippen molar-refractivity contribution in [3.05, 3.63) is 281 Å². The van der Waals surface area contributed by atoms with Crippen molar-refractivity contribution in [2.45, 2.75) is 24.7 Å². The third kappa shape index (κ3) is 6.48. The zero-order valence-corrected chi connectivity index (χ0v) is 35.6. The summed E-state index contributed by atoms with van der Waals surface area (Å²) >= 11 is 0. The Hall–Kier alpha value is -7.74. The molecule has 1 N–H and O–H groups in total. The fourth-order valence-electron chi connectivity index (χ4n) is 10.4. The second-order valence-electron chi connectivity index (χ2n) is 17.3. The summed E-state index contributed by atoms with van der Waals surface area (Å²) in [7, 11) is 0. The lowest BCUT2D eigenvalue weighted by molar-refractivity contribution is 0.563. The Bertz CT molecular complexity index is 3200. The number of nitrogens with one attached hydrogen (secondary N) is 1. The van der Waals surface area contributed by atoms with E-state index in [1.807, 2.05) is 6.20 Å². The fraction of sp³-hybridized carbons (Fsp3) is 0.0645. The van der Waals surface area contributed by atoms with Crippen LogP contribution in [0.25, 0.3) is 55.8 Å². The van der Waals surface area contributed by atoms with Crippen molar-refractivity contribution in [3.63, 3.8) is 0 Å². The molecule has 2 aliphatic rings. The first-order valence-corrected chi connectivity index (χ1v) is 22.0. The van der Waals surface area contributed by atoms with Gasteiger partial charge in [0.2, 0.25) is 0 Å². The Morgan fingerprint density at radius 2 is 1.00 bits per heavy atom. The van der Waals surface area contributed by atoms with Crippen LogP contribution in [-0.2, 0) is 10.8 Å². The first-order chi connectivity index (χ1) is 31.0. The molecule has 0 aliphatic heterocycles. The van der Waals surface area contributed by atoms with E-state index in [2.05, 4.69) is 256 Å². The maximum absolute atomic E-state index is 3.54. The second-order valence-corrected chi connectivity index (χ2v) is 17.3. The number of rotatable bonds is 8. The highest BCUT2D eigenvalue weighted by atomic mass is 14.8. The monoisotopic (exact) mass is 805 g/mol. The first kappa shape index (κ1) is 38.2. The molecule has 0 saturated heterocycles. The van der Waals surface area contributed by atoms with E-state index in [1.165, 1.54) is 83.1 Å². The van der Waals surface area contributed by atoms with Gasteiger partial charge < -0.3 is 5.32 Å². The molecule has 0 atom stereocenters. The zero-order valence-electron chi connectivity index (χ0n) is 35.6. The van der Waals surface area contributed by atoms with Gasteiger partial charge in [-0.15, -0.1) is 0 Å². The Morgan fingerprint density at radius 1 is 0.444 bits per heavy atom. The summed E-state index contributed by atoms with van der Waals surface area (Å²) in [6.07, 6.45) is 10.8. The van der Waals surface area contributed by atoms with Crippen LogP contribution in [0.1, 0.15) is 58.4 Å². The van der Waals surface area contributed by atoms with Crippen LogP contribution in [0.2, 0.25) is 0 Å². The summed E-state index contributed by atoms with van der Waals surface area (Å²) in [4.78, 5) is 0. The molecular weight excluding hydrogens is 759 g/mol. The summed E-state index contributed by atoms with van der Waals surface area (Å²) in [5, 5.41) is 6.00. The number of anilines is 1. The highest BCUT2D eigenvalue weighted by Crippen LogP contribution is 2.62. The number of fused-ring (bicyclic) bond motifs is 10. The molecule has 1 spiro atoms. The average molecular weight is 806 g/mol. The van der Waals surface area contributed by atoms with Crippen molar-refractivity contribution in [3.8, 4) is 33.4 Å². The van der Waals surface area contributed by atoms with Gasteiger partial charge in [-0.25, -0.2) is 0 Å². The average Bonchev–Trinajstić information content (AvgIpc) is 3.64. The van der Waals surface area contributed by atoms with Gasteiger partial charge in [-0.2, -0.15) is 0 Å². The molecule has 0 bridgehead atoms. The van der Waals surface area contributed by atoms with Crippen LogP contribution in [-0.4, -0.2) is 0 Å². The third-order valence-corrected chi connectivity index (χ3v) is 13.5. The molecule has 2 aliphatic carbocycles. The van der Waals surface area contributed by atoms with Crippen molar-refractivity contribution in [2.24, 2.45) is 0 Å². The minimum Gasteiger partial charge on any atom is -0.362 e. The molecular formula is C62H47N. The quantitative estimate of drug-likeness (QED) is 0.151. The van der Waals surface area contributed by atoms with Gasteiger partial charge in [0, 0.05) is 17.3 Å². The zero-order chi connectivity index (χ0) is 42.4. The molecule has 9 aromatic rings. The fourth-order valence-corrected chi connectivity index (χ4v) is 10.4. The molecule has 0 amide bonds. The molecule has 11 rings (SSSR count). The molecule has 300 valence electrons. The Balaban J connectivity index is 0.898. The van der Waals surface area contributed by atoms with E-state index in [0.29, 0.717) is 0 Å². The summed E-state index contributed by atoms with van der Waals surface area (Å²) in [5.74, 6) is 0. The van der Waals surface area contributed by atoms with Gasteiger partial charge in [-0.3, -0.25) is 0 Å². The molecule has 0 aromatic heterocycles. The number of benzene rings is 9. The number of hydrogen-bond donors (Lipinski definition) is 1. The first-order valence-electron chi connectivity index (χ1n) is 22.0. The summed E-state index contributed by atoms with van der Waals surface area (Å²) in [6.45, 7) is 4.76. The summed E-state index contributed by atoms with van der Waals surface area (Å²) < 4.78 is 0. The van der Waals surface area contributed by atoms with Crippen LogP contribution < -0.4 is 5.32 Å². The minimum atomic E-state index is -0.405. The maximum atomic E-state index is 3.54. The Kier molecular flexibility index (Phi) is 9.47. The third-order valence-electron chi connectivity index (χ3n) is 13.5. The predicted molar refractivity (Wildman–Crippen MR) is 267 cm³/mol. The van der Waals surface area contributed by atoms with Crippen molar-refractivity contribution in [2.75, 3.05) is 5.32 Å². The molecule has 0 fully saturated rings. The molecule has 9 aromatic carbocycles. The highest BCUT2D eigenvalue weighted by molar-refractivity contribution is 5.97. The summed E-state index contributed by atoms with van der Waals surface area (Å²) in [6, 6.07) is 77.7. The Morgan fingerprint density at radius 3 is 1.75 bits per heavy atom. The molecule has 0 heterocycles. The molecule has 0 saturated carbocycles. The van der Waals surface area contributed by atoms with Crippen molar-refractivity contribution in [1.29, 1.82) is 0 Å². The minimum absolute atomic E-state index is 0.120. The lowest BCUT2D eigenvalue weighted by Gasteiger charge is -2.46. The van der Waals surface area contributed by atoms with E-state index in [0.717, 1.165) is 16.8 Å². The van der Waals surface area contributed by atoms with E-state index >= 15 is 0 Å². The highest BCUT2D eigenvalue weighted by Gasteiger charge is 2.53. The van der Waals surface area contributed by atoms with Gasteiger partial charge in [0.1, 0.15) is 0 Å². The number of allylic oxidation sites excluding steroid dienone is 4. The molecule has 0 radical (unpaired) electrons. The normalized spacial score (nSPS) is 14.4. The van der Waals surface area contributed by atoms with Crippen molar-refractivity contribution >= 4 is 28.1 Å². The second kappa shape index (κ2) is 15.6. The summed E-state index contributed by atoms with van der Waals surface area (Å²) in [5.41, 5.74) is 19.7. The standard InChI is InChI=1S/C62H47N/c1-61(2)56-25-10-12-27-58(56)62(59-28-13-11-26-57(59)61)55-24-9-8-22-53(55)54-40-37-49(42-60(54)62)46-35-38-50(39-36-46)63-41-15-20-48(52-23-14-19-47-18-6-7-21-51(47)52)34-31-43-29-32-45(33-30-43)44-16-4-3-5-17-44/h3-42,63H,1-2H3/b34-31-,41-15+,48-20+. The SMILES string of the molecule is CC1(C)c2ccccc2C2(c3ccccc3-c3ccc(-c4ccc(N/C=C/C=C(\C=C/c5ccc(-c6ccccc6)cc5)c5cccc6ccccc56)cc4)cc32)c2ccccc21. The van der Waals surface area contributed by atoms with Crippen LogP contribution in [0.3, 0.4) is 0 Å². The van der Waals surface area contributed by atoms with E-state index in [9.17, 15) is 0 Å². The van der Waals surface area contributed by atoms with E-state index in [4.69, 9.17) is 0 Å². The van der Waals surface area contributed by atoms with E-state index < -0.39 is 5.41 Å².